The van der Waals surface area contributed by atoms with Crippen molar-refractivity contribution in [2.75, 3.05) is 31.4 Å². The summed E-state index contributed by atoms with van der Waals surface area (Å²) >= 11 is 0. The molecule has 0 radical (unpaired) electrons. The maximum absolute atomic E-state index is 11.9. The van der Waals surface area contributed by atoms with Gasteiger partial charge in [0.1, 0.15) is 5.75 Å². The monoisotopic (exact) mass is 306 g/mol. The number of nitrogen functional groups attached to an aromatic ring is 1. The lowest BCUT2D eigenvalue weighted by molar-refractivity contribution is -0.145. The number of ether oxygens (including phenoxy) is 2. The van der Waals surface area contributed by atoms with E-state index < -0.39 is 19.2 Å². The summed E-state index contributed by atoms with van der Waals surface area (Å²) in [6.45, 7) is -0.541. The Balaban J connectivity index is 2.34. The number of benzene rings is 1. The van der Waals surface area contributed by atoms with Crippen LogP contribution in [0.25, 0.3) is 0 Å². The molecule has 1 aromatic rings. The van der Waals surface area contributed by atoms with Crippen LogP contribution in [0, 0.1) is 0 Å². The van der Waals surface area contributed by atoms with Gasteiger partial charge in [-0.2, -0.15) is 13.2 Å². The molecule has 0 aromatic heterocycles. The highest BCUT2D eigenvalue weighted by molar-refractivity contribution is 5.92. The molecule has 8 heteroatoms. The molecule has 0 aliphatic heterocycles. The van der Waals surface area contributed by atoms with Gasteiger partial charge in [-0.25, -0.2) is 0 Å². The average Bonchev–Trinajstić information content (AvgIpc) is 2.39. The van der Waals surface area contributed by atoms with Crippen LogP contribution in [-0.2, 0) is 9.53 Å². The van der Waals surface area contributed by atoms with Crippen molar-refractivity contribution < 1.29 is 27.4 Å². The lowest BCUT2D eigenvalue weighted by Gasteiger charge is -2.11. The van der Waals surface area contributed by atoms with Crippen LogP contribution in [0.3, 0.4) is 0 Å². The summed E-state index contributed by atoms with van der Waals surface area (Å²) < 4.78 is 45.4. The van der Waals surface area contributed by atoms with Crippen molar-refractivity contribution in [3.8, 4) is 5.75 Å². The van der Waals surface area contributed by atoms with Crippen LogP contribution in [0.1, 0.15) is 12.8 Å². The van der Waals surface area contributed by atoms with Crippen molar-refractivity contribution in [3.05, 3.63) is 18.2 Å². The van der Waals surface area contributed by atoms with E-state index in [9.17, 15) is 18.0 Å². The van der Waals surface area contributed by atoms with E-state index in [1.807, 2.05) is 0 Å². The van der Waals surface area contributed by atoms with Crippen molar-refractivity contribution in [2.45, 2.75) is 19.0 Å². The zero-order chi connectivity index (χ0) is 15.9. The molecule has 3 N–H and O–H groups in total. The molecule has 1 aromatic carbocycles. The summed E-state index contributed by atoms with van der Waals surface area (Å²) in [7, 11) is 1.44. The van der Waals surface area contributed by atoms with Crippen LogP contribution in [0.2, 0.25) is 0 Å². The van der Waals surface area contributed by atoms with Crippen molar-refractivity contribution >= 4 is 17.3 Å². The number of rotatable bonds is 7. The Bertz CT molecular complexity index is 478. The number of hydrogen-bond donors (Lipinski definition) is 2. The molecular weight excluding hydrogens is 289 g/mol. The van der Waals surface area contributed by atoms with Gasteiger partial charge in [0.05, 0.1) is 38.9 Å². The summed E-state index contributed by atoms with van der Waals surface area (Å²) in [5.74, 6) is 0.0198. The lowest BCUT2D eigenvalue weighted by atomic mass is 10.2. The van der Waals surface area contributed by atoms with Gasteiger partial charge in [0.15, 0.2) is 0 Å². The lowest BCUT2D eigenvalue weighted by Crippen LogP contribution is -2.16. The summed E-state index contributed by atoms with van der Waals surface area (Å²) in [6, 6.07) is 4.73. The van der Waals surface area contributed by atoms with Crippen molar-refractivity contribution in [2.24, 2.45) is 0 Å². The van der Waals surface area contributed by atoms with E-state index in [0.717, 1.165) is 0 Å². The van der Waals surface area contributed by atoms with Crippen molar-refractivity contribution in [3.63, 3.8) is 0 Å². The van der Waals surface area contributed by atoms with Gasteiger partial charge in [-0.15, -0.1) is 0 Å². The van der Waals surface area contributed by atoms with Crippen molar-refractivity contribution in [1.82, 2.24) is 0 Å². The maximum atomic E-state index is 11.9. The van der Waals surface area contributed by atoms with Crippen LogP contribution in [0.4, 0.5) is 24.5 Å². The van der Waals surface area contributed by atoms with Gasteiger partial charge in [-0.1, -0.05) is 0 Å². The highest BCUT2D eigenvalue weighted by atomic mass is 19.4. The van der Waals surface area contributed by atoms with E-state index in [-0.39, 0.29) is 18.9 Å². The summed E-state index contributed by atoms with van der Waals surface area (Å²) in [5, 5.41) is 2.57. The molecule has 0 heterocycles. The number of alkyl halides is 3. The fourth-order valence-electron chi connectivity index (χ4n) is 1.48. The largest absolute Gasteiger partial charge is 0.494 e. The highest BCUT2D eigenvalue weighted by Crippen LogP contribution is 2.26. The third-order valence-electron chi connectivity index (χ3n) is 2.50. The number of nitrogens with one attached hydrogen (secondary N) is 1. The van der Waals surface area contributed by atoms with E-state index in [1.165, 1.54) is 7.11 Å². The molecule has 0 saturated carbocycles. The first-order chi connectivity index (χ1) is 9.81. The molecule has 0 saturated heterocycles. The number of anilines is 2. The Hall–Kier alpha value is -1.96. The minimum absolute atomic E-state index is 0.0502. The Morgan fingerprint density at radius 1 is 1.33 bits per heavy atom. The second-order valence-corrected chi connectivity index (χ2v) is 4.24. The number of amides is 1. The second kappa shape index (κ2) is 7.72. The molecule has 21 heavy (non-hydrogen) atoms. The zero-order valence-electron chi connectivity index (χ0n) is 11.5. The third-order valence-corrected chi connectivity index (χ3v) is 2.50. The number of halogens is 3. The Labute approximate surface area is 120 Å². The molecular formula is C13H17F3N2O3. The fraction of sp³-hybridized carbons (Fsp3) is 0.462. The molecule has 5 nitrogen and oxygen atoms in total. The van der Waals surface area contributed by atoms with Crippen LogP contribution in [0.15, 0.2) is 18.2 Å². The average molecular weight is 306 g/mol. The summed E-state index contributed by atoms with van der Waals surface area (Å²) in [5.41, 5.74) is 6.50. The molecule has 1 rings (SSSR count). The predicted octanol–water partition coefficient (Wildman–Crippen LogP) is 2.58. The van der Waals surface area contributed by atoms with E-state index in [1.54, 1.807) is 18.2 Å². The SMILES string of the molecule is COc1cc(N)ccc1NC(=O)CCOCCC(F)(F)F. The third kappa shape index (κ3) is 6.84. The van der Waals surface area contributed by atoms with Crippen LogP contribution in [0.5, 0.6) is 5.75 Å². The van der Waals surface area contributed by atoms with E-state index in [4.69, 9.17) is 15.2 Å². The van der Waals surface area contributed by atoms with Gasteiger partial charge < -0.3 is 20.5 Å². The van der Waals surface area contributed by atoms with Gasteiger partial charge >= 0.3 is 6.18 Å². The minimum Gasteiger partial charge on any atom is -0.494 e. The molecule has 0 aliphatic carbocycles. The van der Waals surface area contributed by atoms with Gasteiger partial charge in [-0.3, -0.25) is 4.79 Å². The molecule has 0 unspecified atom stereocenters. The van der Waals surface area contributed by atoms with Gasteiger partial charge in [0.25, 0.3) is 0 Å². The van der Waals surface area contributed by atoms with E-state index in [0.29, 0.717) is 17.1 Å². The van der Waals surface area contributed by atoms with Crippen LogP contribution >= 0.6 is 0 Å². The normalized spacial score (nSPS) is 11.2. The first-order valence-corrected chi connectivity index (χ1v) is 6.19. The molecule has 0 bridgehead atoms. The Morgan fingerprint density at radius 3 is 2.67 bits per heavy atom. The number of hydrogen-bond acceptors (Lipinski definition) is 4. The molecule has 0 aliphatic rings. The van der Waals surface area contributed by atoms with Gasteiger partial charge in [-0.05, 0) is 12.1 Å². The van der Waals surface area contributed by atoms with Crippen molar-refractivity contribution in [1.29, 1.82) is 0 Å². The highest BCUT2D eigenvalue weighted by Gasteiger charge is 2.26. The summed E-state index contributed by atoms with van der Waals surface area (Å²) in [6.07, 6.45) is -5.33. The van der Waals surface area contributed by atoms with Crippen LogP contribution in [-0.4, -0.2) is 32.4 Å². The molecule has 0 atom stereocenters. The first kappa shape index (κ1) is 17.1. The Morgan fingerprint density at radius 2 is 2.05 bits per heavy atom. The molecule has 1 amide bonds. The maximum Gasteiger partial charge on any atom is 0.391 e. The molecule has 118 valence electrons. The van der Waals surface area contributed by atoms with Crippen LogP contribution < -0.4 is 15.8 Å². The fourth-order valence-corrected chi connectivity index (χ4v) is 1.48. The van der Waals surface area contributed by atoms with Gasteiger partial charge in [0.2, 0.25) is 5.91 Å². The van der Waals surface area contributed by atoms with E-state index >= 15 is 0 Å². The topological polar surface area (TPSA) is 73.6 Å². The number of nitrogens with two attached hydrogens (primary N) is 1. The Kier molecular flexibility index (Phi) is 6.29. The van der Waals surface area contributed by atoms with E-state index in [2.05, 4.69) is 5.32 Å². The first-order valence-electron chi connectivity index (χ1n) is 6.19. The second-order valence-electron chi connectivity index (χ2n) is 4.24. The molecule has 0 spiro atoms. The molecule has 0 fully saturated rings. The minimum atomic E-state index is -4.25. The number of carbonyl (C=O) groups is 1. The number of methoxy groups -OCH3 is 1. The number of carbonyl (C=O) groups excluding carboxylic acids is 1. The standard InChI is InChI=1S/C13H17F3N2O3/c1-20-11-8-9(17)2-3-10(11)18-12(19)4-6-21-7-5-13(14,15)16/h2-3,8H,4-7,17H2,1H3,(H,18,19). The van der Waals surface area contributed by atoms with Gasteiger partial charge in [0, 0.05) is 11.8 Å². The predicted molar refractivity (Wildman–Crippen MR) is 72.1 cm³/mol. The smallest absolute Gasteiger partial charge is 0.391 e. The quantitative estimate of drug-likeness (QED) is 0.600. The zero-order valence-corrected chi connectivity index (χ0v) is 11.5. The summed E-state index contributed by atoms with van der Waals surface area (Å²) in [4.78, 5) is 11.6.